The fourth-order valence-corrected chi connectivity index (χ4v) is 3.98. The molecular weight excluding hydrogens is 352 g/mol. The first kappa shape index (κ1) is 17.8. The zero-order chi connectivity index (χ0) is 18.6. The number of rotatable bonds is 6. The van der Waals surface area contributed by atoms with Crippen LogP contribution in [0.4, 0.5) is 0 Å². The molecule has 0 aliphatic carbocycles. The molecule has 136 valence electrons. The largest absolute Gasteiger partial charge is 0.298 e. The maximum Gasteiger partial charge on any atom is 0.113 e. The van der Waals surface area contributed by atoms with E-state index in [-0.39, 0.29) is 0 Å². The van der Waals surface area contributed by atoms with Crippen molar-refractivity contribution in [3.8, 4) is 5.69 Å². The van der Waals surface area contributed by atoms with Crippen LogP contribution in [0.3, 0.4) is 0 Å². The van der Waals surface area contributed by atoms with E-state index < -0.39 is 0 Å². The first-order valence-corrected chi connectivity index (χ1v) is 10.2. The van der Waals surface area contributed by atoms with Gasteiger partial charge in [-0.3, -0.25) is 4.90 Å². The quantitative estimate of drug-likeness (QED) is 0.455. The molecule has 0 saturated carbocycles. The van der Waals surface area contributed by atoms with E-state index in [0.29, 0.717) is 0 Å². The number of hydrogen-bond donors (Lipinski definition) is 0. The van der Waals surface area contributed by atoms with Crippen LogP contribution in [-0.4, -0.2) is 33.2 Å². The Kier molecular flexibility index (Phi) is 5.23. The van der Waals surface area contributed by atoms with Gasteiger partial charge in [-0.1, -0.05) is 53.7 Å². The molecule has 0 atom stereocenters. The highest BCUT2D eigenvalue weighted by molar-refractivity contribution is 7.98. The maximum atomic E-state index is 4.39. The predicted octanol–water partition coefficient (Wildman–Crippen LogP) is 4.77. The summed E-state index contributed by atoms with van der Waals surface area (Å²) in [4.78, 5) is 3.67. The van der Waals surface area contributed by atoms with Gasteiger partial charge in [-0.05, 0) is 48.7 Å². The summed E-state index contributed by atoms with van der Waals surface area (Å²) in [5.41, 5.74) is 5.61. The molecule has 0 unspecified atom stereocenters. The number of fused-ring (bicyclic) bond motifs is 1. The Labute approximate surface area is 163 Å². The predicted molar refractivity (Wildman–Crippen MR) is 112 cm³/mol. The van der Waals surface area contributed by atoms with Gasteiger partial charge in [0.2, 0.25) is 0 Å². The smallest absolute Gasteiger partial charge is 0.113 e. The minimum Gasteiger partial charge on any atom is -0.298 e. The van der Waals surface area contributed by atoms with Gasteiger partial charge in [-0.15, -0.1) is 16.9 Å². The average Bonchev–Trinajstić information content (AvgIpc) is 3.13. The molecule has 1 heterocycles. The summed E-state index contributed by atoms with van der Waals surface area (Å²) in [5, 5.41) is 8.69. The summed E-state index contributed by atoms with van der Waals surface area (Å²) in [6.45, 7) is 1.75. The topological polar surface area (TPSA) is 34.0 Å². The van der Waals surface area contributed by atoms with E-state index in [2.05, 4.69) is 83.1 Å². The molecule has 0 spiro atoms. The summed E-state index contributed by atoms with van der Waals surface area (Å²) in [6, 6.07) is 25.1. The van der Waals surface area contributed by atoms with Crippen molar-refractivity contribution in [2.75, 3.05) is 13.3 Å². The van der Waals surface area contributed by atoms with Gasteiger partial charge in [0.15, 0.2) is 0 Å². The van der Waals surface area contributed by atoms with Gasteiger partial charge >= 0.3 is 0 Å². The highest BCUT2D eigenvalue weighted by atomic mass is 32.2. The third-order valence-corrected chi connectivity index (χ3v) is 5.48. The molecule has 3 aromatic carbocycles. The monoisotopic (exact) mass is 374 g/mol. The lowest BCUT2D eigenvalue weighted by atomic mass is 10.1. The first-order valence-electron chi connectivity index (χ1n) is 8.95. The van der Waals surface area contributed by atoms with Crippen molar-refractivity contribution < 1.29 is 0 Å². The van der Waals surface area contributed by atoms with Gasteiger partial charge in [-0.25, -0.2) is 4.68 Å². The zero-order valence-electron chi connectivity index (χ0n) is 15.5. The minimum atomic E-state index is 0.840. The third-order valence-electron chi connectivity index (χ3n) is 4.64. The highest BCUT2D eigenvalue weighted by Crippen LogP contribution is 2.23. The van der Waals surface area contributed by atoms with Crippen LogP contribution < -0.4 is 0 Å². The average molecular weight is 375 g/mol. The van der Waals surface area contributed by atoms with Crippen LogP contribution in [-0.2, 0) is 13.1 Å². The lowest BCUT2D eigenvalue weighted by molar-refractivity contribution is 0.316. The van der Waals surface area contributed by atoms with Crippen LogP contribution in [0.1, 0.15) is 11.1 Å². The molecule has 0 fully saturated rings. The standard InChI is InChI=1S/C22H22N4S/c1-25(16-18-10-4-8-14-22(18)27-2)15-17-9-3-6-12-20(17)26-21-13-7-5-11-19(21)23-24-26/h3-14H,15-16H2,1-2H3. The molecular formula is C22H22N4S. The molecule has 5 heteroatoms. The Morgan fingerprint density at radius 3 is 2.37 bits per heavy atom. The van der Waals surface area contributed by atoms with E-state index >= 15 is 0 Å². The minimum absolute atomic E-state index is 0.840. The molecule has 0 N–H and O–H groups in total. The molecule has 0 amide bonds. The number of nitrogens with zero attached hydrogens (tertiary/aromatic N) is 4. The number of benzene rings is 3. The number of para-hydroxylation sites is 2. The Morgan fingerprint density at radius 2 is 1.52 bits per heavy atom. The molecule has 4 nitrogen and oxygen atoms in total. The van der Waals surface area contributed by atoms with Crippen molar-refractivity contribution in [2.45, 2.75) is 18.0 Å². The van der Waals surface area contributed by atoms with Crippen molar-refractivity contribution in [1.29, 1.82) is 0 Å². The second kappa shape index (κ2) is 7.94. The molecule has 0 bridgehead atoms. The van der Waals surface area contributed by atoms with E-state index in [1.54, 1.807) is 11.8 Å². The van der Waals surface area contributed by atoms with Crippen LogP contribution in [0.15, 0.2) is 77.7 Å². The normalized spacial score (nSPS) is 11.4. The maximum absolute atomic E-state index is 4.39. The summed E-state index contributed by atoms with van der Waals surface area (Å²) >= 11 is 1.80. The molecule has 0 saturated heterocycles. The van der Waals surface area contributed by atoms with Crippen molar-refractivity contribution in [3.63, 3.8) is 0 Å². The summed E-state index contributed by atoms with van der Waals surface area (Å²) in [6.07, 6.45) is 2.13. The number of thioether (sulfide) groups is 1. The third kappa shape index (κ3) is 3.75. The molecule has 1 aromatic heterocycles. The van der Waals surface area contributed by atoms with Gasteiger partial charge in [-0.2, -0.15) is 0 Å². The van der Waals surface area contributed by atoms with Crippen LogP contribution in [0.2, 0.25) is 0 Å². The van der Waals surface area contributed by atoms with Gasteiger partial charge in [0.05, 0.1) is 11.2 Å². The second-order valence-corrected chi connectivity index (χ2v) is 7.45. The van der Waals surface area contributed by atoms with Crippen molar-refractivity contribution in [3.05, 3.63) is 83.9 Å². The zero-order valence-corrected chi connectivity index (χ0v) is 16.4. The van der Waals surface area contributed by atoms with Crippen molar-refractivity contribution in [2.24, 2.45) is 0 Å². The molecule has 0 radical (unpaired) electrons. The Bertz CT molecular complexity index is 1060. The second-order valence-electron chi connectivity index (χ2n) is 6.60. The van der Waals surface area contributed by atoms with Crippen molar-refractivity contribution in [1.82, 2.24) is 19.9 Å². The van der Waals surface area contributed by atoms with Crippen LogP contribution in [0, 0.1) is 0 Å². The Hall–Kier alpha value is -2.63. The van der Waals surface area contributed by atoms with E-state index in [1.165, 1.54) is 16.0 Å². The Morgan fingerprint density at radius 1 is 0.852 bits per heavy atom. The number of hydrogen-bond acceptors (Lipinski definition) is 4. The molecule has 0 aliphatic heterocycles. The van der Waals surface area contributed by atoms with Gasteiger partial charge in [0.1, 0.15) is 5.52 Å². The Balaban J connectivity index is 1.62. The fourth-order valence-electron chi connectivity index (χ4n) is 3.37. The van der Waals surface area contributed by atoms with Gasteiger partial charge < -0.3 is 0 Å². The first-order chi connectivity index (χ1) is 13.3. The van der Waals surface area contributed by atoms with E-state index in [4.69, 9.17) is 0 Å². The van der Waals surface area contributed by atoms with Gasteiger partial charge in [0.25, 0.3) is 0 Å². The van der Waals surface area contributed by atoms with Crippen LogP contribution >= 0.6 is 11.8 Å². The highest BCUT2D eigenvalue weighted by Gasteiger charge is 2.12. The lowest BCUT2D eigenvalue weighted by Crippen LogP contribution is -2.19. The van der Waals surface area contributed by atoms with E-state index in [9.17, 15) is 0 Å². The summed E-state index contributed by atoms with van der Waals surface area (Å²) < 4.78 is 1.94. The van der Waals surface area contributed by atoms with E-state index in [0.717, 1.165) is 29.8 Å². The number of aromatic nitrogens is 3. The fraction of sp³-hybridized carbons (Fsp3) is 0.182. The van der Waals surface area contributed by atoms with Crippen LogP contribution in [0.25, 0.3) is 16.7 Å². The SMILES string of the molecule is CSc1ccccc1CN(C)Cc1ccccc1-n1nnc2ccccc21. The molecule has 27 heavy (non-hydrogen) atoms. The van der Waals surface area contributed by atoms with Crippen LogP contribution in [0.5, 0.6) is 0 Å². The molecule has 4 rings (SSSR count). The lowest BCUT2D eigenvalue weighted by Gasteiger charge is -2.20. The summed E-state index contributed by atoms with van der Waals surface area (Å²) in [7, 11) is 2.16. The van der Waals surface area contributed by atoms with E-state index in [1.807, 2.05) is 22.9 Å². The van der Waals surface area contributed by atoms with Gasteiger partial charge in [0, 0.05) is 18.0 Å². The van der Waals surface area contributed by atoms with Crippen molar-refractivity contribution >= 4 is 22.8 Å². The summed E-state index contributed by atoms with van der Waals surface area (Å²) in [5.74, 6) is 0. The molecule has 0 aliphatic rings. The molecule has 4 aromatic rings.